The Labute approximate surface area is 95.7 Å². The third-order valence-corrected chi connectivity index (χ3v) is 1.97. The summed E-state index contributed by atoms with van der Waals surface area (Å²) >= 11 is 5.78. The molecule has 0 bridgehead atoms. The largest absolute Gasteiger partial charge is 0.372 e. The van der Waals surface area contributed by atoms with Crippen LogP contribution in [-0.2, 0) is 4.79 Å². The van der Waals surface area contributed by atoms with Crippen LogP contribution >= 0.6 is 11.6 Å². The van der Waals surface area contributed by atoms with Crippen LogP contribution in [0.1, 0.15) is 38.3 Å². The molecule has 4 heteroatoms. The number of carbonyl (C=O) groups excluding carboxylic acids is 1. The molecular weight excluding hydrogens is 212 g/mol. The Morgan fingerprint density at radius 2 is 2.07 bits per heavy atom. The fraction of sp³-hybridized carbons (Fsp3) is 0.455. The number of nitrogens with zero attached hydrogens (tertiary/aromatic N) is 1. The van der Waals surface area contributed by atoms with Gasteiger partial charge in [-0.05, 0) is 25.0 Å². The summed E-state index contributed by atoms with van der Waals surface area (Å²) in [6.45, 7) is 4.00. The SMILES string of the molecule is CC.Clc1ccnc(C2CC2)c1.NC=O. The van der Waals surface area contributed by atoms with Gasteiger partial charge in [0.15, 0.2) is 0 Å². The van der Waals surface area contributed by atoms with E-state index in [0.717, 1.165) is 10.7 Å². The summed E-state index contributed by atoms with van der Waals surface area (Å²) in [6, 6.07) is 3.77. The van der Waals surface area contributed by atoms with Gasteiger partial charge in [0, 0.05) is 22.8 Å². The summed E-state index contributed by atoms with van der Waals surface area (Å²) in [6.07, 6.45) is 4.59. The number of nitrogens with two attached hydrogens (primary N) is 1. The lowest BCUT2D eigenvalue weighted by Gasteiger charge is -1.94. The molecule has 1 saturated carbocycles. The number of amides is 1. The second-order valence-corrected chi connectivity index (χ2v) is 3.25. The normalized spacial score (nSPS) is 12.7. The minimum Gasteiger partial charge on any atom is -0.372 e. The van der Waals surface area contributed by atoms with Gasteiger partial charge in [-0.25, -0.2) is 0 Å². The standard InChI is InChI=1S/C8H8ClN.C2H6.CH3NO/c9-7-3-4-10-8(5-7)6-1-2-6;1-2;2-1-3/h3-6H,1-2H2;1-2H3;1H,(H2,2,3). The minimum absolute atomic E-state index is 0.250. The second kappa shape index (κ2) is 8.24. The van der Waals surface area contributed by atoms with E-state index < -0.39 is 0 Å². The fourth-order valence-corrected chi connectivity index (χ4v) is 1.19. The van der Waals surface area contributed by atoms with Gasteiger partial charge in [-0.3, -0.25) is 9.78 Å². The lowest BCUT2D eigenvalue weighted by Crippen LogP contribution is -1.82. The molecule has 0 unspecified atom stereocenters. The molecule has 1 heterocycles. The summed E-state index contributed by atoms with van der Waals surface area (Å²) in [5, 5.41) is 0.803. The number of halogens is 1. The maximum atomic E-state index is 8.58. The Bertz CT molecular complexity index is 288. The zero-order chi connectivity index (χ0) is 11.7. The lowest BCUT2D eigenvalue weighted by molar-refractivity contribution is -0.106. The van der Waals surface area contributed by atoms with Crippen molar-refractivity contribution >= 4 is 18.0 Å². The third kappa shape index (κ3) is 6.07. The van der Waals surface area contributed by atoms with Crippen LogP contribution in [0.4, 0.5) is 0 Å². The van der Waals surface area contributed by atoms with Crippen LogP contribution in [0, 0.1) is 0 Å². The van der Waals surface area contributed by atoms with E-state index >= 15 is 0 Å². The summed E-state index contributed by atoms with van der Waals surface area (Å²) in [5.41, 5.74) is 5.33. The van der Waals surface area contributed by atoms with Gasteiger partial charge in [0.2, 0.25) is 6.41 Å². The van der Waals surface area contributed by atoms with Gasteiger partial charge in [-0.1, -0.05) is 25.4 Å². The second-order valence-electron chi connectivity index (χ2n) is 2.81. The highest BCUT2D eigenvalue weighted by atomic mass is 35.5. The number of hydrogen-bond donors (Lipinski definition) is 1. The van der Waals surface area contributed by atoms with Crippen molar-refractivity contribution in [2.24, 2.45) is 5.73 Å². The van der Waals surface area contributed by atoms with Crippen LogP contribution in [0.25, 0.3) is 0 Å². The van der Waals surface area contributed by atoms with Gasteiger partial charge in [-0.15, -0.1) is 0 Å². The van der Waals surface area contributed by atoms with E-state index in [2.05, 4.69) is 10.7 Å². The molecule has 1 aliphatic carbocycles. The molecule has 1 aliphatic rings. The molecule has 84 valence electrons. The molecule has 2 N–H and O–H groups in total. The van der Waals surface area contributed by atoms with E-state index in [4.69, 9.17) is 16.4 Å². The first kappa shape index (κ1) is 13.9. The topological polar surface area (TPSA) is 56.0 Å². The minimum atomic E-state index is 0.250. The van der Waals surface area contributed by atoms with Crippen LogP contribution in [0.3, 0.4) is 0 Å². The Hall–Kier alpha value is -1.09. The monoisotopic (exact) mass is 228 g/mol. The first-order valence-electron chi connectivity index (χ1n) is 5.04. The summed E-state index contributed by atoms with van der Waals surface area (Å²) in [7, 11) is 0. The van der Waals surface area contributed by atoms with Gasteiger partial charge < -0.3 is 5.73 Å². The molecule has 0 aliphatic heterocycles. The molecule has 0 radical (unpaired) electrons. The molecule has 0 atom stereocenters. The van der Waals surface area contributed by atoms with Crippen LogP contribution < -0.4 is 5.73 Å². The number of hydrogen-bond acceptors (Lipinski definition) is 2. The van der Waals surface area contributed by atoms with E-state index in [-0.39, 0.29) is 6.41 Å². The number of pyridine rings is 1. The first-order chi connectivity index (χ1) is 7.27. The van der Waals surface area contributed by atoms with Crippen molar-refractivity contribution < 1.29 is 4.79 Å². The molecular formula is C11H17ClN2O. The maximum Gasteiger partial charge on any atom is 0.204 e. The molecule has 2 rings (SSSR count). The van der Waals surface area contributed by atoms with Gasteiger partial charge in [0.25, 0.3) is 0 Å². The zero-order valence-corrected chi connectivity index (χ0v) is 9.87. The van der Waals surface area contributed by atoms with Gasteiger partial charge in [0.1, 0.15) is 0 Å². The van der Waals surface area contributed by atoms with Crippen LogP contribution in [0.2, 0.25) is 5.02 Å². The highest BCUT2D eigenvalue weighted by Crippen LogP contribution is 2.39. The van der Waals surface area contributed by atoms with Crippen molar-refractivity contribution in [1.82, 2.24) is 4.98 Å². The molecule has 0 aromatic carbocycles. The van der Waals surface area contributed by atoms with Crippen LogP contribution in [-0.4, -0.2) is 11.4 Å². The molecule has 1 aromatic rings. The quantitative estimate of drug-likeness (QED) is 0.752. The average molecular weight is 229 g/mol. The van der Waals surface area contributed by atoms with Crippen molar-refractivity contribution in [1.29, 1.82) is 0 Å². The first-order valence-corrected chi connectivity index (χ1v) is 5.42. The number of carbonyl (C=O) groups is 1. The number of primary amides is 1. The molecule has 15 heavy (non-hydrogen) atoms. The van der Waals surface area contributed by atoms with Crippen molar-refractivity contribution in [3.63, 3.8) is 0 Å². The fourth-order valence-electron chi connectivity index (χ4n) is 1.02. The predicted octanol–water partition coefficient (Wildman–Crippen LogP) is 2.74. The zero-order valence-electron chi connectivity index (χ0n) is 9.11. The third-order valence-electron chi connectivity index (χ3n) is 1.74. The Morgan fingerprint density at radius 3 is 2.47 bits per heavy atom. The molecule has 0 saturated heterocycles. The highest BCUT2D eigenvalue weighted by Gasteiger charge is 2.24. The van der Waals surface area contributed by atoms with E-state index in [0.29, 0.717) is 5.92 Å². The van der Waals surface area contributed by atoms with Crippen LogP contribution in [0.15, 0.2) is 18.3 Å². The van der Waals surface area contributed by atoms with E-state index in [1.807, 2.05) is 26.0 Å². The van der Waals surface area contributed by atoms with Crippen molar-refractivity contribution in [2.45, 2.75) is 32.6 Å². The number of aromatic nitrogens is 1. The summed E-state index contributed by atoms with van der Waals surface area (Å²) in [4.78, 5) is 12.8. The van der Waals surface area contributed by atoms with Crippen molar-refractivity contribution in [3.8, 4) is 0 Å². The highest BCUT2D eigenvalue weighted by molar-refractivity contribution is 6.30. The van der Waals surface area contributed by atoms with Crippen molar-refractivity contribution in [3.05, 3.63) is 29.0 Å². The molecule has 1 aromatic heterocycles. The molecule has 3 nitrogen and oxygen atoms in total. The summed E-state index contributed by atoms with van der Waals surface area (Å²) < 4.78 is 0. The molecule has 1 amide bonds. The smallest absolute Gasteiger partial charge is 0.204 e. The van der Waals surface area contributed by atoms with E-state index in [1.54, 1.807) is 6.20 Å². The Balaban J connectivity index is 0.000000342. The summed E-state index contributed by atoms with van der Waals surface area (Å²) in [5.74, 6) is 0.707. The molecule has 1 fully saturated rings. The van der Waals surface area contributed by atoms with E-state index in [1.165, 1.54) is 12.8 Å². The number of rotatable bonds is 1. The predicted molar refractivity (Wildman–Crippen MR) is 62.8 cm³/mol. The van der Waals surface area contributed by atoms with E-state index in [9.17, 15) is 0 Å². The van der Waals surface area contributed by atoms with Gasteiger partial charge in [-0.2, -0.15) is 0 Å². The maximum absolute atomic E-state index is 8.58. The van der Waals surface area contributed by atoms with Crippen molar-refractivity contribution in [2.75, 3.05) is 0 Å². The lowest BCUT2D eigenvalue weighted by atomic mass is 10.2. The molecule has 0 spiro atoms. The Morgan fingerprint density at radius 1 is 1.53 bits per heavy atom. The van der Waals surface area contributed by atoms with Gasteiger partial charge in [0.05, 0.1) is 0 Å². The van der Waals surface area contributed by atoms with Gasteiger partial charge >= 0.3 is 0 Å². The van der Waals surface area contributed by atoms with Crippen LogP contribution in [0.5, 0.6) is 0 Å². The Kier molecular flexibility index (Phi) is 7.64. The average Bonchev–Trinajstić information content (AvgIpc) is 3.05.